The summed E-state index contributed by atoms with van der Waals surface area (Å²) in [4.78, 5) is 8.83. The zero-order chi connectivity index (χ0) is 14.9. The van der Waals surface area contributed by atoms with Crippen molar-refractivity contribution in [3.63, 3.8) is 0 Å². The maximum Gasteiger partial charge on any atom is 0.136 e. The first kappa shape index (κ1) is 13.8. The molecule has 1 atom stereocenters. The largest absolute Gasteiger partial charge is 0.394 e. The lowest BCUT2D eigenvalue weighted by atomic mass is 9.93. The van der Waals surface area contributed by atoms with E-state index in [9.17, 15) is 5.11 Å². The number of rotatable bonds is 5. The number of nitrogens with zero attached hydrogens (tertiary/aromatic N) is 2. The molecular weight excluding hydrogens is 264 g/mol. The standard InChI is InChI=1S/C16H20N4O/c1-16(10-21,12-5-3-2-4-6-12)20-14-9-13(17)18-15(19-14)11-7-8-11/h2-6,9,11,21H,7-8,10H2,1H3,(H3,17,18,19,20). The van der Waals surface area contributed by atoms with Crippen molar-refractivity contribution in [3.8, 4) is 0 Å². The molecule has 0 saturated heterocycles. The number of nitrogens with two attached hydrogens (primary N) is 1. The lowest BCUT2D eigenvalue weighted by Crippen LogP contribution is -2.36. The molecule has 0 amide bonds. The van der Waals surface area contributed by atoms with Crippen molar-refractivity contribution in [1.29, 1.82) is 0 Å². The Labute approximate surface area is 124 Å². The van der Waals surface area contributed by atoms with Crippen molar-refractivity contribution in [2.24, 2.45) is 0 Å². The van der Waals surface area contributed by atoms with Gasteiger partial charge >= 0.3 is 0 Å². The quantitative estimate of drug-likeness (QED) is 0.784. The first-order valence-electron chi connectivity index (χ1n) is 7.20. The summed E-state index contributed by atoms with van der Waals surface area (Å²) < 4.78 is 0. The molecule has 0 bridgehead atoms. The summed E-state index contributed by atoms with van der Waals surface area (Å²) >= 11 is 0. The lowest BCUT2D eigenvalue weighted by molar-refractivity contribution is 0.223. The molecular formula is C16H20N4O. The van der Waals surface area contributed by atoms with E-state index < -0.39 is 5.54 Å². The van der Waals surface area contributed by atoms with Gasteiger partial charge in [-0.2, -0.15) is 0 Å². The van der Waals surface area contributed by atoms with E-state index >= 15 is 0 Å². The minimum absolute atomic E-state index is 0.0420. The van der Waals surface area contributed by atoms with E-state index in [1.54, 1.807) is 6.07 Å². The first-order valence-corrected chi connectivity index (χ1v) is 7.20. The average Bonchev–Trinajstić information content (AvgIpc) is 3.32. The molecule has 21 heavy (non-hydrogen) atoms. The van der Waals surface area contributed by atoms with Crippen molar-refractivity contribution in [1.82, 2.24) is 9.97 Å². The molecule has 1 unspecified atom stereocenters. The Hall–Kier alpha value is -2.14. The van der Waals surface area contributed by atoms with Crippen molar-refractivity contribution in [3.05, 3.63) is 47.8 Å². The second-order valence-electron chi connectivity index (χ2n) is 5.79. The molecule has 0 radical (unpaired) electrons. The van der Waals surface area contributed by atoms with Gasteiger partial charge in [-0.3, -0.25) is 0 Å². The molecule has 0 aliphatic heterocycles. The van der Waals surface area contributed by atoms with E-state index in [1.165, 1.54) is 0 Å². The van der Waals surface area contributed by atoms with Gasteiger partial charge in [0, 0.05) is 12.0 Å². The van der Waals surface area contributed by atoms with Crippen molar-refractivity contribution >= 4 is 11.6 Å². The van der Waals surface area contributed by atoms with Crippen molar-refractivity contribution < 1.29 is 5.11 Å². The predicted molar refractivity (Wildman–Crippen MR) is 82.9 cm³/mol. The molecule has 1 heterocycles. The highest BCUT2D eigenvalue weighted by Gasteiger charge is 2.29. The van der Waals surface area contributed by atoms with Gasteiger partial charge in [-0.25, -0.2) is 9.97 Å². The minimum atomic E-state index is -0.608. The van der Waals surface area contributed by atoms with Gasteiger partial charge in [0.1, 0.15) is 17.5 Å². The van der Waals surface area contributed by atoms with E-state index in [0.717, 1.165) is 24.2 Å². The average molecular weight is 284 g/mol. The van der Waals surface area contributed by atoms with Crippen LogP contribution in [0.5, 0.6) is 0 Å². The number of hydrogen-bond donors (Lipinski definition) is 3. The lowest BCUT2D eigenvalue weighted by Gasteiger charge is -2.30. The monoisotopic (exact) mass is 284 g/mol. The van der Waals surface area contributed by atoms with Crippen LogP contribution < -0.4 is 11.1 Å². The number of aliphatic hydroxyl groups is 1. The summed E-state index contributed by atoms with van der Waals surface area (Å²) in [7, 11) is 0. The van der Waals surface area contributed by atoms with Crippen LogP contribution in [0.3, 0.4) is 0 Å². The first-order chi connectivity index (χ1) is 10.1. The Morgan fingerprint density at radius 2 is 2.00 bits per heavy atom. The molecule has 3 rings (SSSR count). The molecule has 4 N–H and O–H groups in total. The molecule has 0 spiro atoms. The van der Waals surface area contributed by atoms with Gasteiger partial charge in [0.25, 0.3) is 0 Å². The van der Waals surface area contributed by atoms with Gasteiger partial charge < -0.3 is 16.2 Å². The van der Waals surface area contributed by atoms with Gasteiger partial charge in [0.05, 0.1) is 12.1 Å². The van der Waals surface area contributed by atoms with E-state index in [2.05, 4.69) is 15.3 Å². The van der Waals surface area contributed by atoms with Crippen molar-refractivity contribution in [2.75, 3.05) is 17.7 Å². The molecule has 1 aromatic carbocycles. The van der Waals surface area contributed by atoms with Crippen LogP contribution in [0, 0.1) is 0 Å². The molecule has 5 heteroatoms. The maximum atomic E-state index is 9.82. The molecule has 110 valence electrons. The van der Waals surface area contributed by atoms with Crippen LogP contribution in [0.1, 0.15) is 37.1 Å². The Kier molecular flexibility index (Phi) is 3.51. The Bertz CT molecular complexity index is 627. The Morgan fingerprint density at radius 1 is 1.29 bits per heavy atom. The third-order valence-corrected chi connectivity index (χ3v) is 3.84. The summed E-state index contributed by atoms with van der Waals surface area (Å²) in [6, 6.07) is 11.5. The van der Waals surface area contributed by atoms with E-state index in [1.807, 2.05) is 37.3 Å². The fourth-order valence-electron chi connectivity index (χ4n) is 2.37. The van der Waals surface area contributed by atoms with Gasteiger partial charge in [0.2, 0.25) is 0 Å². The number of nitrogen functional groups attached to an aromatic ring is 1. The summed E-state index contributed by atoms with van der Waals surface area (Å²) in [6.45, 7) is 1.90. The third kappa shape index (κ3) is 2.97. The second-order valence-corrected chi connectivity index (χ2v) is 5.79. The molecule has 1 saturated carbocycles. The molecule has 2 aromatic rings. The van der Waals surface area contributed by atoms with Crippen LogP contribution in [-0.4, -0.2) is 21.7 Å². The topological polar surface area (TPSA) is 84.1 Å². The number of hydrogen-bond acceptors (Lipinski definition) is 5. The summed E-state index contributed by atoms with van der Waals surface area (Å²) in [6.07, 6.45) is 2.25. The van der Waals surface area contributed by atoms with Crippen LogP contribution in [0.4, 0.5) is 11.6 Å². The number of aromatic nitrogens is 2. The normalized spacial score (nSPS) is 17.2. The smallest absolute Gasteiger partial charge is 0.136 e. The minimum Gasteiger partial charge on any atom is -0.394 e. The molecule has 1 aliphatic rings. The fraction of sp³-hybridized carbons (Fsp3) is 0.375. The third-order valence-electron chi connectivity index (χ3n) is 3.84. The number of benzene rings is 1. The molecule has 1 fully saturated rings. The van der Waals surface area contributed by atoms with Crippen LogP contribution in [-0.2, 0) is 5.54 Å². The molecule has 1 aliphatic carbocycles. The van der Waals surface area contributed by atoms with E-state index in [4.69, 9.17) is 5.73 Å². The zero-order valence-electron chi connectivity index (χ0n) is 12.1. The Balaban J connectivity index is 1.90. The SMILES string of the molecule is CC(CO)(Nc1cc(N)nc(C2CC2)n1)c1ccccc1. The Morgan fingerprint density at radius 3 is 2.62 bits per heavy atom. The van der Waals surface area contributed by atoms with Gasteiger partial charge in [-0.15, -0.1) is 0 Å². The highest BCUT2D eigenvalue weighted by atomic mass is 16.3. The van der Waals surface area contributed by atoms with Crippen LogP contribution in [0.2, 0.25) is 0 Å². The van der Waals surface area contributed by atoms with Gasteiger partial charge in [-0.05, 0) is 25.3 Å². The number of aliphatic hydroxyl groups excluding tert-OH is 1. The number of anilines is 2. The summed E-state index contributed by atoms with van der Waals surface area (Å²) in [5.74, 6) is 2.35. The highest BCUT2D eigenvalue weighted by Crippen LogP contribution is 2.39. The summed E-state index contributed by atoms with van der Waals surface area (Å²) in [5, 5.41) is 13.1. The predicted octanol–water partition coefficient (Wildman–Crippen LogP) is 2.26. The number of nitrogens with one attached hydrogen (secondary N) is 1. The van der Waals surface area contributed by atoms with E-state index in [0.29, 0.717) is 17.6 Å². The van der Waals surface area contributed by atoms with Gasteiger partial charge in [0.15, 0.2) is 0 Å². The van der Waals surface area contributed by atoms with Crippen LogP contribution >= 0.6 is 0 Å². The van der Waals surface area contributed by atoms with Crippen LogP contribution in [0.15, 0.2) is 36.4 Å². The highest BCUT2D eigenvalue weighted by molar-refractivity contribution is 5.48. The van der Waals surface area contributed by atoms with Gasteiger partial charge in [-0.1, -0.05) is 30.3 Å². The van der Waals surface area contributed by atoms with E-state index in [-0.39, 0.29) is 6.61 Å². The molecule has 5 nitrogen and oxygen atoms in total. The zero-order valence-corrected chi connectivity index (χ0v) is 12.1. The summed E-state index contributed by atoms with van der Waals surface area (Å²) in [5.41, 5.74) is 6.26. The van der Waals surface area contributed by atoms with Crippen LogP contribution in [0.25, 0.3) is 0 Å². The second kappa shape index (κ2) is 5.33. The van der Waals surface area contributed by atoms with Crippen molar-refractivity contribution in [2.45, 2.75) is 31.2 Å². The fourth-order valence-corrected chi connectivity index (χ4v) is 2.37. The molecule has 1 aromatic heterocycles. The maximum absolute atomic E-state index is 9.82.